The minimum Gasteiger partial charge on any atom is -0.469 e. The predicted molar refractivity (Wildman–Crippen MR) is 79.6 cm³/mol. The zero-order chi connectivity index (χ0) is 15.8. The van der Waals surface area contributed by atoms with E-state index >= 15 is 0 Å². The van der Waals surface area contributed by atoms with Crippen molar-refractivity contribution < 1.29 is 9.66 Å². The lowest BCUT2D eigenvalue weighted by Crippen LogP contribution is -2.34. The van der Waals surface area contributed by atoms with Crippen LogP contribution in [0.5, 0.6) is 5.88 Å². The first kappa shape index (κ1) is 15.9. The van der Waals surface area contributed by atoms with Crippen LogP contribution < -0.4 is 4.74 Å². The molecule has 0 saturated heterocycles. The molecule has 2 rings (SSSR count). The highest BCUT2D eigenvalue weighted by molar-refractivity contribution is 6.28. The molecule has 0 aromatic carbocycles. The van der Waals surface area contributed by atoms with Crippen molar-refractivity contribution in [2.24, 2.45) is 11.3 Å². The third-order valence-electron chi connectivity index (χ3n) is 3.81. The van der Waals surface area contributed by atoms with Crippen molar-refractivity contribution in [2.45, 2.75) is 53.1 Å². The van der Waals surface area contributed by atoms with Crippen molar-refractivity contribution in [1.29, 1.82) is 0 Å². The molecule has 21 heavy (non-hydrogen) atoms. The number of aromatic nitrogens is 2. The molecule has 2 atom stereocenters. The van der Waals surface area contributed by atoms with Gasteiger partial charge in [-0.1, -0.05) is 20.8 Å². The number of rotatable bonds is 3. The predicted octanol–water partition coefficient (Wildman–Crippen LogP) is 3.94. The van der Waals surface area contributed by atoms with Gasteiger partial charge in [0.1, 0.15) is 11.8 Å². The van der Waals surface area contributed by atoms with Gasteiger partial charge >= 0.3 is 5.69 Å². The minimum atomic E-state index is -0.515. The Morgan fingerprint density at radius 2 is 2.05 bits per heavy atom. The van der Waals surface area contributed by atoms with Crippen molar-refractivity contribution >= 4 is 17.3 Å². The van der Waals surface area contributed by atoms with Crippen LogP contribution in [0.3, 0.4) is 0 Å². The maximum absolute atomic E-state index is 11.2. The molecule has 116 valence electrons. The Bertz CT molecular complexity index is 563. The van der Waals surface area contributed by atoms with Gasteiger partial charge in [0.05, 0.1) is 4.92 Å². The Hall–Kier alpha value is -1.43. The van der Waals surface area contributed by atoms with E-state index in [1.807, 2.05) is 0 Å². The SMILES string of the molecule is Cc1nc(Cl)nc(OC2CC(C)CC(C)(C)C2)c1[N+](=O)[O-]. The average Bonchev–Trinajstić information content (AvgIpc) is 2.23. The second-order valence-electron chi connectivity index (χ2n) is 6.64. The van der Waals surface area contributed by atoms with Gasteiger partial charge in [-0.15, -0.1) is 0 Å². The van der Waals surface area contributed by atoms with Crippen LogP contribution in [0.2, 0.25) is 5.28 Å². The molecule has 1 aromatic rings. The van der Waals surface area contributed by atoms with E-state index in [1.165, 1.54) is 6.92 Å². The van der Waals surface area contributed by atoms with Gasteiger partial charge < -0.3 is 4.74 Å². The Labute approximate surface area is 129 Å². The summed E-state index contributed by atoms with van der Waals surface area (Å²) in [5.41, 5.74) is 0.178. The maximum Gasteiger partial charge on any atom is 0.352 e. The molecule has 6 nitrogen and oxygen atoms in total. The highest BCUT2D eigenvalue weighted by Crippen LogP contribution is 2.41. The average molecular weight is 314 g/mol. The molecule has 0 spiro atoms. The highest BCUT2D eigenvalue weighted by Gasteiger charge is 2.35. The third-order valence-corrected chi connectivity index (χ3v) is 3.98. The molecule has 7 heteroatoms. The number of nitro groups is 1. The summed E-state index contributed by atoms with van der Waals surface area (Å²) < 4.78 is 5.84. The summed E-state index contributed by atoms with van der Waals surface area (Å²) in [6.07, 6.45) is 2.74. The quantitative estimate of drug-likeness (QED) is 0.480. The highest BCUT2D eigenvalue weighted by atomic mass is 35.5. The van der Waals surface area contributed by atoms with Crippen LogP contribution in [0, 0.1) is 28.4 Å². The molecule has 0 bridgehead atoms. The lowest BCUT2D eigenvalue weighted by atomic mass is 9.71. The fraction of sp³-hybridized carbons (Fsp3) is 0.714. The maximum atomic E-state index is 11.2. The minimum absolute atomic E-state index is 0.0209. The first-order chi connectivity index (χ1) is 9.68. The van der Waals surface area contributed by atoms with E-state index in [2.05, 4.69) is 30.7 Å². The molecule has 1 heterocycles. The third kappa shape index (κ3) is 3.81. The van der Waals surface area contributed by atoms with E-state index in [-0.39, 0.29) is 34.1 Å². The van der Waals surface area contributed by atoms with Gasteiger partial charge in [-0.05, 0) is 49.1 Å². The smallest absolute Gasteiger partial charge is 0.352 e. The molecule has 0 radical (unpaired) electrons. The number of hydrogen-bond acceptors (Lipinski definition) is 5. The number of hydrogen-bond donors (Lipinski definition) is 0. The first-order valence-electron chi connectivity index (χ1n) is 7.03. The fourth-order valence-electron chi connectivity index (χ4n) is 3.31. The van der Waals surface area contributed by atoms with Crippen molar-refractivity contribution in [3.8, 4) is 5.88 Å². The second-order valence-corrected chi connectivity index (χ2v) is 6.98. The normalized spacial score (nSPS) is 24.6. The molecule has 0 aliphatic heterocycles. The largest absolute Gasteiger partial charge is 0.469 e. The summed E-state index contributed by atoms with van der Waals surface area (Å²) in [4.78, 5) is 18.4. The summed E-state index contributed by atoms with van der Waals surface area (Å²) in [6, 6.07) is 0. The van der Waals surface area contributed by atoms with Crippen LogP contribution >= 0.6 is 11.6 Å². The summed E-state index contributed by atoms with van der Waals surface area (Å²) >= 11 is 5.80. The van der Waals surface area contributed by atoms with Gasteiger partial charge in [-0.3, -0.25) is 10.1 Å². The van der Waals surface area contributed by atoms with Gasteiger partial charge in [0.15, 0.2) is 0 Å². The summed E-state index contributed by atoms with van der Waals surface area (Å²) in [5.74, 6) is 0.489. The number of halogens is 1. The molecular formula is C14H20ClN3O3. The first-order valence-corrected chi connectivity index (χ1v) is 7.41. The van der Waals surface area contributed by atoms with Gasteiger partial charge in [0, 0.05) is 0 Å². The van der Waals surface area contributed by atoms with Gasteiger partial charge in [-0.2, -0.15) is 4.98 Å². The molecule has 0 amide bonds. The van der Waals surface area contributed by atoms with E-state index < -0.39 is 4.92 Å². The van der Waals surface area contributed by atoms with Crippen LogP contribution in [-0.4, -0.2) is 21.0 Å². The fourth-order valence-corrected chi connectivity index (χ4v) is 3.51. The number of ether oxygens (including phenoxy) is 1. The van der Waals surface area contributed by atoms with Crippen LogP contribution in [0.25, 0.3) is 0 Å². The lowest BCUT2D eigenvalue weighted by molar-refractivity contribution is -0.387. The van der Waals surface area contributed by atoms with Crippen LogP contribution in [0.4, 0.5) is 5.69 Å². The Morgan fingerprint density at radius 3 is 2.62 bits per heavy atom. The zero-order valence-corrected chi connectivity index (χ0v) is 13.5. The molecule has 0 N–H and O–H groups in total. The Balaban J connectivity index is 2.29. The van der Waals surface area contributed by atoms with Crippen molar-refractivity contribution in [1.82, 2.24) is 9.97 Å². The second kappa shape index (κ2) is 5.75. The Kier molecular flexibility index (Phi) is 4.37. The summed E-state index contributed by atoms with van der Waals surface area (Å²) in [5, 5.41) is 11.2. The standard InChI is InChI=1S/C14H20ClN3O3/c1-8-5-10(7-14(3,4)6-8)21-12-11(18(19)20)9(2)16-13(15)17-12/h8,10H,5-7H2,1-4H3. The number of aryl methyl sites for hydroxylation is 1. The molecule has 1 aliphatic carbocycles. The molecule has 1 fully saturated rings. The van der Waals surface area contributed by atoms with E-state index in [0.717, 1.165) is 19.3 Å². The zero-order valence-electron chi connectivity index (χ0n) is 12.7. The molecule has 1 aliphatic rings. The van der Waals surface area contributed by atoms with Crippen LogP contribution in [-0.2, 0) is 0 Å². The molecular weight excluding hydrogens is 294 g/mol. The monoisotopic (exact) mass is 313 g/mol. The molecule has 2 unspecified atom stereocenters. The van der Waals surface area contributed by atoms with E-state index in [0.29, 0.717) is 5.92 Å². The summed E-state index contributed by atoms with van der Waals surface area (Å²) in [6.45, 7) is 8.08. The van der Waals surface area contributed by atoms with E-state index in [1.54, 1.807) is 0 Å². The van der Waals surface area contributed by atoms with Gasteiger partial charge in [0.25, 0.3) is 5.88 Å². The topological polar surface area (TPSA) is 78.2 Å². The van der Waals surface area contributed by atoms with Gasteiger partial charge in [0.2, 0.25) is 5.28 Å². The summed E-state index contributed by atoms with van der Waals surface area (Å²) in [7, 11) is 0. The van der Waals surface area contributed by atoms with E-state index in [9.17, 15) is 10.1 Å². The van der Waals surface area contributed by atoms with Gasteiger partial charge in [-0.25, -0.2) is 4.98 Å². The molecule has 1 saturated carbocycles. The van der Waals surface area contributed by atoms with Crippen molar-refractivity contribution in [3.63, 3.8) is 0 Å². The van der Waals surface area contributed by atoms with Crippen molar-refractivity contribution in [3.05, 3.63) is 21.1 Å². The number of nitrogens with zero attached hydrogens (tertiary/aromatic N) is 3. The van der Waals surface area contributed by atoms with E-state index in [4.69, 9.17) is 16.3 Å². The van der Waals surface area contributed by atoms with Crippen LogP contribution in [0.15, 0.2) is 0 Å². The van der Waals surface area contributed by atoms with Crippen molar-refractivity contribution in [2.75, 3.05) is 0 Å². The molecule has 1 aromatic heterocycles. The van der Waals surface area contributed by atoms with Crippen LogP contribution in [0.1, 0.15) is 45.7 Å². The Morgan fingerprint density at radius 1 is 1.38 bits per heavy atom. The lowest BCUT2D eigenvalue weighted by Gasteiger charge is -2.38.